The third kappa shape index (κ3) is 4.51. The SMILES string of the molecule is COCCN1C(=O)C[C@@H](C(=O)N(C)CCO)[C@@H]1c1ccc(OC)c(OC)c1. The first kappa shape index (κ1) is 21.0. The fraction of sp³-hybridized carbons (Fsp3) is 0.579. The zero-order valence-corrected chi connectivity index (χ0v) is 16.3. The van der Waals surface area contributed by atoms with E-state index in [1.165, 1.54) is 4.90 Å². The van der Waals surface area contributed by atoms with Gasteiger partial charge in [-0.3, -0.25) is 9.59 Å². The highest BCUT2D eigenvalue weighted by molar-refractivity contribution is 5.90. The molecule has 27 heavy (non-hydrogen) atoms. The molecule has 8 nitrogen and oxygen atoms in total. The second-order valence-corrected chi connectivity index (χ2v) is 6.43. The molecule has 0 radical (unpaired) electrons. The largest absolute Gasteiger partial charge is 0.493 e. The van der Waals surface area contributed by atoms with Crippen molar-refractivity contribution < 1.29 is 28.9 Å². The minimum absolute atomic E-state index is 0.0948. The predicted octanol–water partition coefficient (Wildman–Crippen LogP) is 0.691. The fourth-order valence-electron chi connectivity index (χ4n) is 3.46. The summed E-state index contributed by atoms with van der Waals surface area (Å²) in [5, 5.41) is 9.14. The van der Waals surface area contributed by atoms with Gasteiger partial charge < -0.3 is 29.1 Å². The van der Waals surface area contributed by atoms with Gasteiger partial charge in [-0.2, -0.15) is 0 Å². The van der Waals surface area contributed by atoms with Crippen LogP contribution in [0.4, 0.5) is 0 Å². The Bertz CT molecular complexity index is 666. The van der Waals surface area contributed by atoms with Crippen molar-refractivity contribution in [3.05, 3.63) is 23.8 Å². The van der Waals surface area contributed by atoms with Gasteiger partial charge in [0.25, 0.3) is 0 Å². The highest BCUT2D eigenvalue weighted by atomic mass is 16.5. The van der Waals surface area contributed by atoms with Gasteiger partial charge in [-0.15, -0.1) is 0 Å². The quantitative estimate of drug-likeness (QED) is 0.678. The van der Waals surface area contributed by atoms with E-state index in [4.69, 9.17) is 19.3 Å². The second-order valence-electron chi connectivity index (χ2n) is 6.43. The van der Waals surface area contributed by atoms with Crippen LogP contribution in [0.15, 0.2) is 18.2 Å². The van der Waals surface area contributed by atoms with Crippen LogP contribution in [0.2, 0.25) is 0 Å². The van der Waals surface area contributed by atoms with Crippen LogP contribution in [0.3, 0.4) is 0 Å². The molecule has 1 aliphatic rings. The van der Waals surface area contributed by atoms with Gasteiger partial charge in [0.05, 0.1) is 39.4 Å². The Morgan fingerprint density at radius 1 is 1.26 bits per heavy atom. The normalized spacial score (nSPS) is 19.3. The summed E-state index contributed by atoms with van der Waals surface area (Å²) in [5.74, 6) is 0.314. The number of hydrogen-bond acceptors (Lipinski definition) is 6. The van der Waals surface area contributed by atoms with Gasteiger partial charge in [0.2, 0.25) is 11.8 Å². The number of ether oxygens (including phenoxy) is 3. The molecular formula is C19H28N2O6. The minimum Gasteiger partial charge on any atom is -0.493 e. The number of aliphatic hydroxyl groups is 1. The van der Waals surface area contributed by atoms with Crippen LogP contribution in [-0.4, -0.2) is 81.4 Å². The molecular weight excluding hydrogens is 352 g/mol. The van der Waals surface area contributed by atoms with Crippen molar-refractivity contribution in [2.45, 2.75) is 12.5 Å². The van der Waals surface area contributed by atoms with Crippen molar-refractivity contribution in [2.75, 3.05) is 54.7 Å². The molecule has 2 rings (SSSR count). The molecule has 8 heteroatoms. The number of carbonyl (C=O) groups is 2. The average molecular weight is 380 g/mol. The number of rotatable bonds is 9. The molecule has 0 aromatic heterocycles. The first-order valence-electron chi connectivity index (χ1n) is 8.84. The number of nitrogens with zero attached hydrogens (tertiary/aromatic N) is 2. The van der Waals surface area contributed by atoms with Gasteiger partial charge in [0, 0.05) is 33.7 Å². The summed E-state index contributed by atoms with van der Waals surface area (Å²) in [6.07, 6.45) is 0.122. The molecule has 1 aromatic rings. The third-order valence-corrected chi connectivity index (χ3v) is 4.85. The van der Waals surface area contributed by atoms with E-state index in [1.807, 2.05) is 6.07 Å². The molecule has 1 fully saturated rings. The van der Waals surface area contributed by atoms with Gasteiger partial charge in [-0.1, -0.05) is 6.07 Å². The Morgan fingerprint density at radius 2 is 1.96 bits per heavy atom. The van der Waals surface area contributed by atoms with Gasteiger partial charge >= 0.3 is 0 Å². The van der Waals surface area contributed by atoms with Crippen LogP contribution in [0.25, 0.3) is 0 Å². The van der Waals surface area contributed by atoms with E-state index in [0.717, 1.165) is 5.56 Å². The number of likely N-dealkylation sites (N-methyl/N-ethyl adjacent to an activating group) is 1. The summed E-state index contributed by atoms with van der Waals surface area (Å²) < 4.78 is 15.8. The Morgan fingerprint density at radius 3 is 2.56 bits per heavy atom. The number of methoxy groups -OCH3 is 3. The van der Waals surface area contributed by atoms with Crippen LogP contribution in [0, 0.1) is 5.92 Å². The Hall–Kier alpha value is -2.32. The van der Waals surface area contributed by atoms with E-state index in [9.17, 15) is 9.59 Å². The zero-order chi connectivity index (χ0) is 20.0. The number of benzene rings is 1. The fourth-order valence-corrected chi connectivity index (χ4v) is 3.46. The molecule has 1 N–H and O–H groups in total. The van der Waals surface area contributed by atoms with Crippen LogP contribution in [0.1, 0.15) is 18.0 Å². The molecule has 0 spiro atoms. The van der Waals surface area contributed by atoms with Crippen LogP contribution < -0.4 is 9.47 Å². The number of likely N-dealkylation sites (tertiary alicyclic amines) is 1. The van der Waals surface area contributed by atoms with E-state index in [1.54, 1.807) is 45.4 Å². The molecule has 2 amide bonds. The molecule has 0 saturated carbocycles. The van der Waals surface area contributed by atoms with E-state index in [2.05, 4.69) is 0 Å². The van der Waals surface area contributed by atoms with Crippen molar-refractivity contribution in [1.82, 2.24) is 9.80 Å². The van der Waals surface area contributed by atoms with Gasteiger partial charge in [-0.25, -0.2) is 0 Å². The van der Waals surface area contributed by atoms with Crippen molar-refractivity contribution in [3.63, 3.8) is 0 Å². The van der Waals surface area contributed by atoms with E-state index < -0.39 is 12.0 Å². The Labute approximate surface area is 159 Å². The van der Waals surface area contributed by atoms with E-state index >= 15 is 0 Å². The average Bonchev–Trinajstić information content (AvgIpc) is 3.01. The van der Waals surface area contributed by atoms with Crippen molar-refractivity contribution in [1.29, 1.82) is 0 Å². The maximum absolute atomic E-state index is 12.9. The first-order chi connectivity index (χ1) is 13.0. The molecule has 0 bridgehead atoms. The van der Waals surface area contributed by atoms with E-state index in [0.29, 0.717) is 24.7 Å². The maximum atomic E-state index is 12.9. The molecule has 1 heterocycles. The van der Waals surface area contributed by atoms with Crippen molar-refractivity contribution in [2.24, 2.45) is 5.92 Å². The lowest BCUT2D eigenvalue weighted by atomic mass is 9.92. The lowest BCUT2D eigenvalue weighted by molar-refractivity contribution is -0.135. The monoisotopic (exact) mass is 380 g/mol. The van der Waals surface area contributed by atoms with Gasteiger partial charge in [-0.05, 0) is 17.7 Å². The molecule has 0 aliphatic carbocycles. The third-order valence-electron chi connectivity index (χ3n) is 4.85. The predicted molar refractivity (Wildman–Crippen MR) is 98.7 cm³/mol. The molecule has 1 aromatic carbocycles. The van der Waals surface area contributed by atoms with Gasteiger partial charge in [0.15, 0.2) is 11.5 Å². The highest BCUT2D eigenvalue weighted by Crippen LogP contribution is 2.41. The molecule has 2 atom stereocenters. The molecule has 1 saturated heterocycles. The lowest BCUT2D eigenvalue weighted by Gasteiger charge is -2.30. The number of carbonyl (C=O) groups excluding carboxylic acids is 2. The number of amides is 2. The summed E-state index contributed by atoms with van der Waals surface area (Å²) in [5.41, 5.74) is 0.797. The first-order valence-corrected chi connectivity index (χ1v) is 8.84. The van der Waals surface area contributed by atoms with Crippen LogP contribution in [0.5, 0.6) is 11.5 Å². The zero-order valence-electron chi connectivity index (χ0n) is 16.3. The van der Waals surface area contributed by atoms with Crippen molar-refractivity contribution >= 4 is 11.8 Å². The van der Waals surface area contributed by atoms with E-state index in [-0.39, 0.29) is 31.4 Å². The molecule has 1 aliphatic heterocycles. The summed E-state index contributed by atoms with van der Waals surface area (Å²) in [7, 11) is 6.30. The summed E-state index contributed by atoms with van der Waals surface area (Å²) >= 11 is 0. The topological polar surface area (TPSA) is 88.5 Å². The molecule has 150 valence electrons. The smallest absolute Gasteiger partial charge is 0.228 e. The van der Waals surface area contributed by atoms with Crippen LogP contribution in [-0.2, 0) is 14.3 Å². The minimum atomic E-state index is -0.538. The summed E-state index contributed by atoms with van der Waals surface area (Å²) in [6, 6.07) is 4.98. The number of aliphatic hydroxyl groups excluding tert-OH is 1. The maximum Gasteiger partial charge on any atom is 0.228 e. The summed E-state index contributed by atoms with van der Waals surface area (Å²) in [6.45, 7) is 0.863. The Balaban J connectivity index is 2.42. The molecule has 0 unspecified atom stereocenters. The van der Waals surface area contributed by atoms with Crippen LogP contribution >= 0.6 is 0 Å². The standard InChI is InChI=1S/C19H28N2O6/c1-20(7-9-22)19(24)14-12-17(23)21(8-10-25-2)18(14)13-5-6-15(26-3)16(11-13)27-4/h5-6,11,14,18,22H,7-10,12H2,1-4H3/t14-,18+/m1/s1. The Kier molecular flexibility index (Phi) is 7.44. The summed E-state index contributed by atoms with van der Waals surface area (Å²) in [4.78, 5) is 28.7. The van der Waals surface area contributed by atoms with Crippen molar-refractivity contribution in [3.8, 4) is 11.5 Å². The second kappa shape index (κ2) is 9.57. The van der Waals surface area contributed by atoms with Gasteiger partial charge in [0.1, 0.15) is 0 Å². The highest BCUT2D eigenvalue weighted by Gasteiger charge is 2.45. The number of hydrogen-bond donors (Lipinski definition) is 1. The lowest BCUT2D eigenvalue weighted by Crippen LogP contribution is -2.38.